The Morgan fingerprint density at radius 1 is 1.04 bits per heavy atom. The van der Waals surface area contributed by atoms with Crippen molar-refractivity contribution in [2.45, 2.75) is 0 Å². The van der Waals surface area contributed by atoms with Crippen LogP contribution in [0.4, 0.5) is 4.39 Å². The van der Waals surface area contributed by atoms with Gasteiger partial charge >= 0.3 is 5.97 Å². The first kappa shape index (κ1) is 16.6. The van der Waals surface area contributed by atoms with E-state index < -0.39 is 23.6 Å². The molecule has 7 heteroatoms. The zero-order valence-corrected chi connectivity index (χ0v) is 13.3. The molecule has 1 aliphatic rings. The Morgan fingerprint density at radius 3 is 2.52 bits per heavy atom. The predicted molar refractivity (Wildman–Crippen MR) is 85.0 cm³/mol. The third-order valence-corrected chi connectivity index (χ3v) is 3.74. The normalized spacial score (nSPS) is 13.0. The van der Waals surface area contributed by atoms with E-state index in [2.05, 4.69) is 0 Å². The Balaban J connectivity index is 1.59. The van der Waals surface area contributed by atoms with Crippen LogP contribution in [-0.2, 0) is 4.74 Å². The maximum atomic E-state index is 13.4. The molecule has 0 aliphatic carbocycles. The SMILES string of the molecule is CN1C(=O)c2ccc(C(=O)OCCOc3ccccc3F)cc2C1=O. The van der Waals surface area contributed by atoms with Crippen LogP contribution in [0, 0.1) is 5.82 Å². The molecule has 3 rings (SSSR count). The van der Waals surface area contributed by atoms with Gasteiger partial charge in [0.15, 0.2) is 11.6 Å². The van der Waals surface area contributed by atoms with Crippen LogP contribution >= 0.6 is 0 Å². The lowest BCUT2D eigenvalue weighted by Crippen LogP contribution is -2.24. The number of hydrogen-bond acceptors (Lipinski definition) is 5. The van der Waals surface area contributed by atoms with Gasteiger partial charge < -0.3 is 9.47 Å². The maximum absolute atomic E-state index is 13.4. The molecule has 0 unspecified atom stereocenters. The highest BCUT2D eigenvalue weighted by Crippen LogP contribution is 2.23. The molecular weight excluding hydrogens is 329 g/mol. The highest BCUT2D eigenvalue weighted by atomic mass is 19.1. The second kappa shape index (κ2) is 6.72. The molecule has 1 aliphatic heterocycles. The van der Waals surface area contributed by atoms with Gasteiger partial charge in [0.25, 0.3) is 11.8 Å². The average molecular weight is 343 g/mol. The van der Waals surface area contributed by atoms with Gasteiger partial charge in [0.2, 0.25) is 0 Å². The number of nitrogens with zero attached hydrogens (tertiary/aromatic N) is 1. The molecular formula is C18H14FNO5. The van der Waals surface area contributed by atoms with Gasteiger partial charge in [-0.1, -0.05) is 12.1 Å². The predicted octanol–water partition coefficient (Wildman–Crippen LogP) is 2.29. The smallest absolute Gasteiger partial charge is 0.338 e. The second-order valence-electron chi connectivity index (χ2n) is 5.34. The quantitative estimate of drug-likeness (QED) is 0.473. The molecule has 0 atom stereocenters. The van der Waals surface area contributed by atoms with Crippen molar-refractivity contribution in [2.75, 3.05) is 20.3 Å². The van der Waals surface area contributed by atoms with Crippen molar-refractivity contribution >= 4 is 17.8 Å². The van der Waals surface area contributed by atoms with Gasteiger partial charge in [0.05, 0.1) is 16.7 Å². The minimum Gasteiger partial charge on any atom is -0.487 e. The summed E-state index contributed by atoms with van der Waals surface area (Å²) < 4.78 is 23.6. The highest BCUT2D eigenvalue weighted by molar-refractivity contribution is 6.21. The van der Waals surface area contributed by atoms with E-state index in [0.29, 0.717) is 0 Å². The van der Waals surface area contributed by atoms with E-state index in [1.54, 1.807) is 12.1 Å². The highest BCUT2D eigenvalue weighted by Gasteiger charge is 2.33. The van der Waals surface area contributed by atoms with Crippen molar-refractivity contribution in [3.05, 3.63) is 65.0 Å². The van der Waals surface area contributed by atoms with Crippen LogP contribution in [0.2, 0.25) is 0 Å². The van der Waals surface area contributed by atoms with Crippen LogP contribution in [0.15, 0.2) is 42.5 Å². The first-order valence-corrected chi connectivity index (χ1v) is 7.50. The first-order valence-electron chi connectivity index (χ1n) is 7.50. The number of ether oxygens (including phenoxy) is 2. The van der Waals surface area contributed by atoms with E-state index >= 15 is 0 Å². The molecule has 0 aromatic heterocycles. The molecule has 25 heavy (non-hydrogen) atoms. The minimum atomic E-state index is -0.658. The topological polar surface area (TPSA) is 72.9 Å². The van der Waals surface area contributed by atoms with Gasteiger partial charge in [-0.25, -0.2) is 9.18 Å². The lowest BCUT2D eigenvalue weighted by molar-refractivity contribution is 0.0448. The third-order valence-electron chi connectivity index (χ3n) is 3.74. The zero-order valence-electron chi connectivity index (χ0n) is 13.3. The number of fused-ring (bicyclic) bond motifs is 1. The summed E-state index contributed by atoms with van der Waals surface area (Å²) in [4.78, 5) is 36.8. The van der Waals surface area contributed by atoms with Crippen molar-refractivity contribution in [2.24, 2.45) is 0 Å². The molecule has 0 saturated carbocycles. The monoisotopic (exact) mass is 343 g/mol. The van der Waals surface area contributed by atoms with Crippen LogP contribution in [0.5, 0.6) is 5.75 Å². The Bertz CT molecular complexity index is 864. The van der Waals surface area contributed by atoms with Gasteiger partial charge in [0, 0.05) is 7.05 Å². The van der Waals surface area contributed by atoms with E-state index in [9.17, 15) is 18.8 Å². The number of amides is 2. The molecule has 2 aromatic carbocycles. The molecule has 6 nitrogen and oxygen atoms in total. The number of para-hydroxylation sites is 1. The van der Waals surface area contributed by atoms with Gasteiger partial charge in [-0.05, 0) is 30.3 Å². The number of benzene rings is 2. The number of imide groups is 1. The third kappa shape index (κ3) is 3.21. The number of halogens is 1. The lowest BCUT2D eigenvalue weighted by Gasteiger charge is -2.08. The summed E-state index contributed by atoms with van der Waals surface area (Å²) in [6, 6.07) is 10.1. The van der Waals surface area contributed by atoms with Crippen LogP contribution in [0.1, 0.15) is 31.1 Å². The fraction of sp³-hybridized carbons (Fsp3) is 0.167. The molecule has 0 spiro atoms. The number of esters is 1. The van der Waals surface area contributed by atoms with E-state index in [1.807, 2.05) is 0 Å². The number of carbonyl (C=O) groups is 3. The van der Waals surface area contributed by atoms with Crippen molar-refractivity contribution < 1.29 is 28.2 Å². The van der Waals surface area contributed by atoms with E-state index in [4.69, 9.17) is 9.47 Å². The van der Waals surface area contributed by atoms with Crippen molar-refractivity contribution in [1.82, 2.24) is 4.90 Å². The van der Waals surface area contributed by atoms with Gasteiger partial charge in [-0.2, -0.15) is 0 Å². The van der Waals surface area contributed by atoms with E-state index in [-0.39, 0.29) is 35.7 Å². The fourth-order valence-corrected chi connectivity index (χ4v) is 2.42. The lowest BCUT2D eigenvalue weighted by atomic mass is 10.1. The summed E-state index contributed by atoms with van der Waals surface area (Å²) in [5.41, 5.74) is 0.581. The number of rotatable bonds is 5. The van der Waals surface area contributed by atoms with Crippen LogP contribution in [0.3, 0.4) is 0 Å². The van der Waals surface area contributed by atoms with Gasteiger partial charge in [-0.15, -0.1) is 0 Å². The molecule has 128 valence electrons. The summed E-state index contributed by atoms with van der Waals surface area (Å²) in [6.45, 7) is -0.102. The van der Waals surface area contributed by atoms with Crippen molar-refractivity contribution in [3.63, 3.8) is 0 Å². The van der Waals surface area contributed by atoms with Gasteiger partial charge in [0.1, 0.15) is 13.2 Å². The van der Waals surface area contributed by atoms with Crippen molar-refractivity contribution in [1.29, 1.82) is 0 Å². The van der Waals surface area contributed by atoms with E-state index in [1.165, 1.54) is 37.4 Å². The van der Waals surface area contributed by atoms with Gasteiger partial charge in [-0.3, -0.25) is 14.5 Å². The van der Waals surface area contributed by atoms with Crippen LogP contribution < -0.4 is 4.74 Å². The standard InChI is InChI=1S/C18H14FNO5/c1-20-16(21)12-7-6-11(10-13(12)17(20)22)18(23)25-9-8-24-15-5-3-2-4-14(15)19/h2-7,10H,8-9H2,1H3. The molecule has 2 aromatic rings. The average Bonchev–Trinajstić information content (AvgIpc) is 2.84. The van der Waals surface area contributed by atoms with Crippen molar-refractivity contribution in [3.8, 4) is 5.75 Å². The maximum Gasteiger partial charge on any atom is 0.338 e. The van der Waals surface area contributed by atoms with E-state index in [0.717, 1.165) is 4.90 Å². The molecule has 0 N–H and O–H groups in total. The Hall–Kier alpha value is -3.22. The summed E-state index contributed by atoms with van der Waals surface area (Å²) in [5, 5.41) is 0. The Morgan fingerprint density at radius 2 is 1.76 bits per heavy atom. The summed E-state index contributed by atoms with van der Waals surface area (Å²) in [5.74, 6) is -1.95. The first-order chi connectivity index (χ1) is 12.0. The number of carbonyl (C=O) groups excluding carboxylic acids is 3. The molecule has 0 fully saturated rings. The van der Waals surface area contributed by atoms with Crippen LogP contribution in [0.25, 0.3) is 0 Å². The minimum absolute atomic E-state index is 0.0161. The largest absolute Gasteiger partial charge is 0.487 e. The molecule has 0 radical (unpaired) electrons. The van der Waals surface area contributed by atoms with Crippen LogP contribution in [-0.4, -0.2) is 42.9 Å². The summed E-state index contributed by atoms with van der Waals surface area (Å²) in [6.07, 6.45) is 0. The Kier molecular flexibility index (Phi) is 4.47. The molecule has 0 bridgehead atoms. The number of hydrogen-bond donors (Lipinski definition) is 0. The molecule has 2 amide bonds. The molecule has 0 saturated heterocycles. The zero-order chi connectivity index (χ0) is 18.0. The Labute approximate surface area is 142 Å². The fourth-order valence-electron chi connectivity index (χ4n) is 2.42. The molecule has 1 heterocycles. The second-order valence-corrected chi connectivity index (χ2v) is 5.34. The summed E-state index contributed by atoms with van der Waals surface area (Å²) in [7, 11) is 1.38. The summed E-state index contributed by atoms with van der Waals surface area (Å²) >= 11 is 0.